The standard InChI is InChI=1S/C20H33I/c1-2-3-4-5-6-7-8-9-10-14-17-20(21)18-19-15-12-11-13-16-19/h11-13,15-16,20H,2-10,14,17-18H2,1H3. The van der Waals surface area contributed by atoms with Crippen molar-refractivity contribution in [2.75, 3.05) is 0 Å². The van der Waals surface area contributed by atoms with E-state index in [1.165, 1.54) is 82.6 Å². The van der Waals surface area contributed by atoms with Gasteiger partial charge in [-0.3, -0.25) is 0 Å². The molecule has 0 saturated carbocycles. The zero-order valence-corrected chi connectivity index (χ0v) is 16.0. The Balaban J connectivity index is 1.87. The van der Waals surface area contributed by atoms with E-state index < -0.39 is 0 Å². The van der Waals surface area contributed by atoms with Gasteiger partial charge in [0.25, 0.3) is 0 Å². The summed E-state index contributed by atoms with van der Waals surface area (Å²) < 4.78 is 0.805. The minimum Gasteiger partial charge on any atom is -0.0823 e. The van der Waals surface area contributed by atoms with Gasteiger partial charge in [-0.2, -0.15) is 0 Å². The van der Waals surface area contributed by atoms with Crippen molar-refractivity contribution in [3.8, 4) is 0 Å². The summed E-state index contributed by atoms with van der Waals surface area (Å²) in [7, 11) is 0. The van der Waals surface area contributed by atoms with Crippen LogP contribution < -0.4 is 0 Å². The third-order valence-corrected chi connectivity index (χ3v) is 5.23. The first-order valence-corrected chi connectivity index (χ1v) is 10.3. The summed E-state index contributed by atoms with van der Waals surface area (Å²) >= 11 is 2.63. The Morgan fingerprint density at radius 1 is 0.762 bits per heavy atom. The van der Waals surface area contributed by atoms with E-state index in [2.05, 4.69) is 59.8 Å². The molecule has 0 aromatic heterocycles. The number of alkyl halides is 1. The summed E-state index contributed by atoms with van der Waals surface area (Å²) in [5, 5.41) is 0. The van der Waals surface area contributed by atoms with Crippen LogP contribution in [0.15, 0.2) is 30.3 Å². The Kier molecular flexibility index (Phi) is 12.3. The van der Waals surface area contributed by atoms with Crippen molar-refractivity contribution < 1.29 is 0 Å². The molecule has 0 aliphatic heterocycles. The summed E-state index contributed by atoms with van der Waals surface area (Å²) in [5.41, 5.74) is 1.49. The Hall–Kier alpha value is -0.0500. The third-order valence-electron chi connectivity index (χ3n) is 4.17. The fourth-order valence-corrected chi connectivity index (χ4v) is 3.77. The van der Waals surface area contributed by atoms with Gasteiger partial charge in [0.15, 0.2) is 0 Å². The molecule has 1 atom stereocenters. The zero-order valence-electron chi connectivity index (χ0n) is 13.8. The molecular weight excluding hydrogens is 367 g/mol. The van der Waals surface area contributed by atoms with Crippen molar-refractivity contribution in [1.29, 1.82) is 0 Å². The van der Waals surface area contributed by atoms with Crippen LogP contribution in [0.4, 0.5) is 0 Å². The molecular formula is C20H33I. The molecule has 0 nitrogen and oxygen atoms in total. The van der Waals surface area contributed by atoms with E-state index in [-0.39, 0.29) is 0 Å². The SMILES string of the molecule is CCCCCCCCCCCCC(I)Cc1ccccc1. The monoisotopic (exact) mass is 400 g/mol. The molecule has 0 aliphatic rings. The maximum Gasteiger partial charge on any atom is 0.0150 e. The topological polar surface area (TPSA) is 0 Å². The van der Waals surface area contributed by atoms with Crippen molar-refractivity contribution in [2.45, 2.75) is 87.9 Å². The molecule has 1 heteroatoms. The lowest BCUT2D eigenvalue weighted by molar-refractivity contribution is 0.548. The summed E-state index contributed by atoms with van der Waals surface area (Å²) in [6, 6.07) is 10.9. The van der Waals surface area contributed by atoms with Crippen LogP contribution in [0.2, 0.25) is 0 Å². The fraction of sp³-hybridized carbons (Fsp3) is 0.700. The Morgan fingerprint density at radius 3 is 1.86 bits per heavy atom. The highest BCUT2D eigenvalue weighted by Crippen LogP contribution is 2.18. The molecule has 0 amide bonds. The maximum absolute atomic E-state index is 2.63. The summed E-state index contributed by atoms with van der Waals surface area (Å²) in [4.78, 5) is 0. The van der Waals surface area contributed by atoms with E-state index in [0.29, 0.717) is 0 Å². The molecule has 0 fully saturated rings. The normalized spacial score (nSPS) is 12.5. The molecule has 0 aliphatic carbocycles. The second-order valence-electron chi connectivity index (χ2n) is 6.26. The molecule has 0 saturated heterocycles. The van der Waals surface area contributed by atoms with Crippen LogP contribution in [0.1, 0.15) is 83.1 Å². The molecule has 120 valence electrons. The number of halogens is 1. The van der Waals surface area contributed by atoms with Crippen LogP contribution in [0.5, 0.6) is 0 Å². The van der Waals surface area contributed by atoms with E-state index in [1.807, 2.05) is 0 Å². The summed E-state index contributed by atoms with van der Waals surface area (Å²) in [6.07, 6.45) is 17.0. The molecule has 21 heavy (non-hydrogen) atoms. The highest BCUT2D eigenvalue weighted by Gasteiger charge is 2.04. The molecule has 0 heterocycles. The van der Waals surface area contributed by atoms with Crippen LogP contribution >= 0.6 is 22.6 Å². The second kappa shape index (κ2) is 13.6. The van der Waals surface area contributed by atoms with Crippen LogP contribution in [0, 0.1) is 0 Å². The second-order valence-corrected chi connectivity index (χ2v) is 8.02. The predicted molar refractivity (Wildman–Crippen MR) is 104 cm³/mol. The number of hydrogen-bond donors (Lipinski definition) is 0. The minimum atomic E-state index is 0.805. The van der Waals surface area contributed by atoms with Gasteiger partial charge in [0, 0.05) is 3.92 Å². The van der Waals surface area contributed by atoms with Crippen molar-refractivity contribution in [3.63, 3.8) is 0 Å². The van der Waals surface area contributed by atoms with E-state index >= 15 is 0 Å². The average molecular weight is 400 g/mol. The smallest absolute Gasteiger partial charge is 0.0150 e. The van der Waals surface area contributed by atoms with E-state index in [0.717, 1.165) is 3.92 Å². The van der Waals surface area contributed by atoms with Gasteiger partial charge in [-0.25, -0.2) is 0 Å². The first-order chi connectivity index (χ1) is 10.3. The quantitative estimate of drug-likeness (QED) is 0.185. The molecule has 0 N–H and O–H groups in total. The lowest BCUT2D eigenvalue weighted by atomic mass is 10.0. The van der Waals surface area contributed by atoms with Gasteiger partial charge < -0.3 is 0 Å². The molecule has 1 aromatic carbocycles. The van der Waals surface area contributed by atoms with Crippen molar-refractivity contribution in [2.24, 2.45) is 0 Å². The van der Waals surface area contributed by atoms with Crippen LogP contribution in [0.3, 0.4) is 0 Å². The first kappa shape index (κ1) is 19.0. The number of unbranched alkanes of at least 4 members (excludes halogenated alkanes) is 9. The number of rotatable bonds is 13. The molecule has 1 aromatic rings. The van der Waals surface area contributed by atoms with Crippen LogP contribution in [0.25, 0.3) is 0 Å². The highest BCUT2D eigenvalue weighted by atomic mass is 127. The molecule has 0 radical (unpaired) electrons. The lowest BCUT2D eigenvalue weighted by Crippen LogP contribution is -2.02. The lowest BCUT2D eigenvalue weighted by Gasteiger charge is -2.09. The largest absolute Gasteiger partial charge is 0.0823 e. The average Bonchev–Trinajstić information content (AvgIpc) is 2.50. The van der Waals surface area contributed by atoms with E-state index in [4.69, 9.17) is 0 Å². The van der Waals surface area contributed by atoms with Crippen molar-refractivity contribution >= 4 is 22.6 Å². The molecule has 0 bridgehead atoms. The molecule has 1 rings (SSSR count). The first-order valence-electron chi connectivity index (χ1n) is 9.01. The summed E-state index contributed by atoms with van der Waals surface area (Å²) in [5.74, 6) is 0. The van der Waals surface area contributed by atoms with Crippen molar-refractivity contribution in [3.05, 3.63) is 35.9 Å². The van der Waals surface area contributed by atoms with Gasteiger partial charge in [0.2, 0.25) is 0 Å². The van der Waals surface area contributed by atoms with Gasteiger partial charge in [-0.05, 0) is 18.4 Å². The Bertz CT molecular complexity index is 320. The molecule has 0 spiro atoms. The maximum atomic E-state index is 2.63. The minimum absolute atomic E-state index is 0.805. The van der Waals surface area contributed by atoms with E-state index in [9.17, 15) is 0 Å². The van der Waals surface area contributed by atoms with Crippen molar-refractivity contribution in [1.82, 2.24) is 0 Å². The Labute approximate surface area is 146 Å². The van der Waals surface area contributed by atoms with Crippen LogP contribution in [-0.2, 0) is 6.42 Å². The van der Waals surface area contributed by atoms with Gasteiger partial charge in [0.05, 0.1) is 0 Å². The Morgan fingerprint density at radius 2 is 1.29 bits per heavy atom. The van der Waals surface area contributed by atoms with E-state index in [1.54, 1.807) is 0 Å². The van der Waals surface area contributed by atoms with Gasteiger partial charge in [0.1, 0.15) is 0 Å². The third kappa shape index (κ3) is 11.2. The van der Waals surface area contributed by atoms with Crippen LogP contribution in [-0.4, -0.2) is 3.92 Å². The molecule has 1 unspecified atom stereocenters. The predicted octanol–water partition coefficient (Wildman–Crippen LogP) is 7.34. The number of benzene rings is 1. The summed E-state index contributed by atoms with van der Waals surface area (Å²) in [6.45, 7) is 2.29. The van der Waals surface area contributed by atoms with Gasteiger partial charge >= 0.3 is 0 Å². The number of hydrogen-bond acceptors (Lipinski definition) is 0. The fourth-order valence-electron chi connectivity index (χ4n) is 2.83. The highest BCUT2D eigenvalue weighted by molar-refractivity contribution is 14.1. The zero-order chi connectivity index (χ0) is 15.2. The van der Waals surface area contributed by atoms with Gasteiger partial charge in [-0.15, -0.1) is 0 Å². The van der Waals surface area contributed by atoms with Gasteiger partial charge in [-0.1, -0.05) is 124 Å².